The van der Waals surface area contributed by atoms with Crippen LogP contribution in [0.25, 0.3) is 11.3 Å². The number of hydrogen-bond donors (Lipinski definition) is 3. The zero-order valence-corrected chi connectivity index (χ0v) is 15.4. The number of fused-ring (bicyclic) bond motifs is 1. The summed E-state index contributed by atoms with van der Waals surface area (Å²) in [7, 11) is 0. The van der Waals surface area contributed by atoms with E-state index in [0.29, 0.717) is 29.1 Å². The van der Waals surface area contributed by atoms with Crippen LogP contribution in [0.5, 0.6) is 11.5 Å². The Bertz CT molecular complexity index is 997. The Balaban J connectivity index is 1.84. The van der Waals surface area contributed by atoms with E-state index in [9.17, 15) is 15.0 Å². The smallest absolute Gasteiger partial charge is 0.273 e. The maximum absolute atomic E-state index is 12.9. The molecule has 0 unspecified atom stereocenters. The van der Waals surface area contributed by atoms with Gasteiger partial charge in [-0.25, -0.2) is 0 Å². The zero-order valence-electron chi connectivity index (χ0n) is 15.4. The number of nitrogens with one attached hydrogen (secondary N) is 1. The van der Waals surface area contributed by atoms with Crippen molar-refractivity contribution in [1.29, 1.82) is 0 Å². The molecule has 0 saturated carbocycles. The van der Waals surface area contributed by atoms with Crippen LogP contribution in [0.4, 0.5) is 0 Å². The number of para-hydroxylation sites is 1. The minimum absolute atomic E-state index is 0.0929. The fourth-order valence-electron chi connectivity index (χ4n) is 3.67. The SMILES string of the molecule is CCOc1ccc([C@H]2c3c(-c4ccccc4O)n[nH]c3C(=O)N2CCO)cc1. The number of aromatic amines is 1. The van der Waals surface area contributed by atoms with E-state index in [1.807, 2.05) is 37.3 Å². The maximum atomic E-state index is 12.9. The number of aromatic hydroxyl groups is 1. The minimum Gasteiger partial charge on any atom is -0.507 e. The average Bonchev–Trinajstić information content (AvgIpc) is 3.24. The number of H-pyrrole nitrogens is 1. The Morgan fingerprint density at radius 3 is 2.61 bits per heavy atom. The van der Waals surface area contributed by atoms with E-state index in [4.69, 9.17) is 4.74 Å². The molecular formula is C21H21N3O4. The number of amides is 1. The summed E-state index contributed by atoms with van der Waals surface area (Å²) >= 11 is 0. The lowest BCUT2D eigenvalue weighted by atomic mass is 9.95. The number of aliphatic hydroxyl groups is 1. The molecule has 28 heavy (non-hydrogen) atoms. The molecule has 0 saturated heterocycles. The van der Waals surface area contributed by atoms with Crippen molar-refractivity contribution in [2.24, 2.45) is 0 Å². The molecule has 7 nitrogen and oxygen atoms in total. The molecule has 2 heterocycles. The Labute approximate surface area is 162 Å². The fraction of sp³-hybridized carbons (Fsp3) is 0.238. The number of carbonyl (C=O) groups is 1. The lowest BCUT2D eigenvalue weighted by Gasteiger charge is -2.25. The first-order chi connectivity index (χ1) is 13.7. The first-order valence-corrected chi connectivity index (χ1v) is 9.17. The molecule has 3 N–H and O–H groups in total. The summed E-state index contributed by atoms with van der Waals surface area (Å²) in [5.41, 5.74) is 3.03. The van der Waals surface area contributed by atoms with Gasteiger partial charge in [0.25, 0.3) is 5.91 Å². The number of carbonyl (C=O) groups excluding carboxylic acids is 1. The van der Waals surface area contributed by atoms with Gasteiger partial charge in [-0.1, -0.05) is 24.3 Å². The second kappa shape index (κ2) is 7.36. The number of aromatic nitrogens is 2. The number of nitrogens with zero attached hydrogens (tertiary/aromatic N) is 2. The third kappa shape index (κ3) is 2.90. The molecule has 1 atom stereocenters. The second-order valence-corrected chi connectivity index (χ2v) is 6.50. The number of benzene rings is 2. The van der Waals surface area contributed by atoms with Gasteiger partial charge in [0.15, 0.2) is 0 Å². The van der Waals surface area contributed by atoms with E-state index >= 15 is 0 Å². The number of ether oxygens (including phenoxy) is 1. The van der Waals surface area contributed by atoms with Crippen LogP contribution in [0.2, 0.25) is 0 Å². The molecule has 144 valence electrons. The van der Waals surface area contributed by atoms with E-state index in [2.05, 4.69) is 10.2 Å². The first-order valence-electron chi connectivity index (χ1n) is 9.17. The van der Waals surface area contributed by atoms with Gasteiger partial charge >= 0.3 is 0 Å². The molecule has 0 spiro atoms. The number of hydrogen-bond acceptors (Lipinski definition) is 5. The van der Waals surface area contributed by atoms with Crippen LogP contribution >= 0.6 is 0 Å². The molecule has 4 rings (SSSR count). The molecule has 1 amide bonds. The number of phenolic OH excluding ortho intramolecular Hbond substituents is 1. The summed E-state index contributed by atoms with van der Waals surface area (Å²) in [5, 5.41) is 26.9. The van der Waals surface area contributed by atoms with E-state index in [0.717, 1.165) is 11.3 Å². The van der Waals surface area contributed by atoms with Crippen LogP contribution < -0.4 is 4.74 Å². The summed E-state index contributed by atoms with van der Waals surface area (Å²) < 4.78 is 5.51. The predicted molar refractivity (Wildman–Crippen MR) is 103 cm³/mol. The number of β-amino-alcohol motifs (C(OH)–C–C–N with tert-alkyl or cyclic N) is 1. The lowest BCUT2D eigenvalue weighted by Crippen LogP contribution is -2.32. The molecule has 0 radical (unpaired) electrons. The second-order valence-electron chi connectivity index (χ2n) is 6.50. The van der Waals surface area contributed by atoms with Crippen LogP contribution in [-0.2, 0) is 0 Å². The van der Waals surface area contributed by atoms with Crippen molar-refractivity contribution in [3.05, 3.63) is 65.4 Å². The van der Waals surface area contributed by atoms with Gasteiger partial charge in [0.05, 0.1) is 19.3 Å². The van der Waals surface area contributed by atoms with Crippen LogP contribution in [0.3, 0.4) is 0 Å². The van der Waals surface area contributed by atoms with Crippen molar-refractivity contribution in [1.82, 2.24) is 15.1 Å². The minimum atomic E-state index is -0.418. The average molecular weight is 379 g/mol. The highest BCUT2D eigenvalue weighted by Crippen LogP contribution is 2.44. The van der Waals surface area contributed by atoms with Crippen LogP contribution in [0.1, 0.15) is 34.6 Å². The van der Waals surface area contributed by atoms with Gasteiger partial charge in [0.2, 0.25) is 0 Å². The largest absolute Gasteiger partial charge is 0.507 e. The summed E-state index contributed by atoms with van der Waals surface area (Å²) in [5.74, 6) is 0.616. The van der Waals surface area contributed by atoms with Crippen molar-refractivity contribution in [2.75, 3.05) is 19.8 Å². The van der Waals surface area contributed by atoms with Gasteiger partial charge in [0.1, 0.15) is 22.9 Å². The van der Waals surface area contributed by atoms with Crippen LogP contribution in [0.15, 0.2) is 48.5 Å². The summed E-state index contributed by atoms with van der Waals surface area (Å²) in [4.78, 5) is 14.5. The Morgan fingerprint density at radius 1 is 1.18 bits per heavy atom. The lowest BCUT2D eigenvalue weighted by molar-refractivity contribution is 0.0706. The molecule has 0 aliphatic carbocycles. The highest BCUT2D eigenvalue weighted by molar-refractivity contribution is 6.00. The molecule has 2 aromatic carbocycles. The normalized spacial score (nSPS) is 15.7. The molecule has 3 aromatic rings. The first kappa shape index (κ1) is 18.1. The van der Waals surface area contributed by atoms with Crippen molar-refractivity contribution in [3.8, 4) is 22.8 Å². The monoisotopic (exact) mass is 379 g/mol. The Kier molecular flexibility index (Phi) is 4.75. The van der Waals surface area contributed by atoms with Crippen molar-refractivity contribution in [2.45, 2.75) is 13.0 Å². The van der Waals surface area contributed by atoms with E-state index in [-0.39, 0.29) is 24.8 Å². The number of rotatable bonds is 6. The molecule has 0 bridgehead atoms. The third-order valence-corrected chi connectivity index (χ3v) is 4.87. The van der Waals surface area contributed by atoms with Crippen LogP contribution in [-0.4, -0.2) is 51.0 Å². The molecular weight excluding hydrogens is 358 g/mol. The van der Waals surface area contributed by atoms with Gasteiger partial charge in [-0.05, 0) is 36.8 Å². The standard InChI is InChI=1S/C21H21N3O4/c1-2-28-14-9-7-13(8-10-14)20-17-18(15-5-3-4-6-16(15)26)22-23-19(17)21(27)24(20)11-12-25/h3-10,20,25-26H,2,11-12H2,1H3,(H,22,23)/t20-/m0/s1. The number of phenols is 1. The highest BCUT2D eigenvalue weighted by Gasteiger charge is 2.42. The van der Waals surface area contributed by atoms with Gasteiger partial charge in [0, 0.05) is 17.7 Å². The van der Waals surface area contributed by atoms with Gasteiger partial charge < -0.3 is 19.8 Å². The van der Waals surface area contributed by atoms with Gasteiger partial charge in [-0.3, -0.25) is 9.89 Å². The maximum Gasteiger partial charge on any atom is 0.273 e. The molecule has 1 aromatic heterocycles. The molecule has 0 fully saturated rings. The quantitative estimate of drug-likeness (QED) is 0.612. The van der Waals surface area contributed by atoms with E-state index < -0.39 is 6.04 Å². The topological polar surface area (TPSA) is 98.7 Å². The van der Waals surface area contributed by atoms with Gasteiger partial charge in [-0.15, -0.1) is 0 Å². The Hall–Kier alpha value is -3.32. The zero-order chi connectivity index (χ0) is 19.7. The Morgan fingerprint density at radius 2 is 1.93 bits per heavy atom. The number of aliphatic hydroxyl groups excluding tert-OH is 1. The van der Waals surface area contributed by atoms with E-state index in [1.54, 1.807) is 23.1 Å². The molecule has 1 aliphatic rings. The van der Waals surface area contributed by atoms with Crippen molar-refractivity contribution in [3.63, 3.8) is 0 Å². The summed E-state index contributed by atoms with van der Waals surface area (Å²) in [6.45, 7) is 2.53. The fourth-order valence-corrected chi connectivity index (χ4v) is 3.67. The summed E-state index contributed by atoms with van der Waals surface area (Å²) in [6, 6.07) is 14.0. The molecule has 1 aliphatic heterocycles. The third-order valence-electron chi connectivity index (χ3n) is 4.87. The summed E-state index contributed by atoms with van der Waals surface area (Å²) in [6.07, 6.45) is 0. The van der Waals surface area contributed by atoms with E-state index in [1.165, 1.54) is 0 Å². The van der Waals surface area contributed by atoms with Crippen molar-refractivity contribution >= 4 is 5.91 Å². The van der Waals surface area contributed by atoms with Crippen molar-refractivity contribution < 1.29 is 19.7 Å². The van der Waals surface area contributed by atoms with Crippen LogP contribution in [0, 0.1) is 0 Å². The highest BCUT2D eigenvalue weighted by atomic mass is 16.5. The predicted octanol–water partition coefficient (Wildman–Crippen LogP) is 2.72. The molecule has 7 heteroatoms. The van der Waals surface area contributed by atoms with Gasteiger partial charge in [-0.2, -0.15) is 5.10 Å².